The second kappa shape index (κ2) is 8.39. The number of halogens is 3. The Bertz CT molecular complexity index is 1290. The summed E-state index contributed by atoms with van der Waals surface area (Å²) in [6, 6.07) is 15.5. The zero-order valence-electron chi connectivity index (χ0n) is 15.1. The van der Waals surface area contributed by atoms with Crippen molar-refractivity contribution in [1.29, 1.82) is 0 Å². The molecule has 0 saturated heterocycles. The van der Waals surface area contributed by atoms with E-state index in [2.05, 4.69) is 15.6 Å². The van der Waals surface area contributed by atoms with Gasteiger partial charge in [0.1, 0.15) is 11.3 Å². The van der Waals surface area contributed by atoms with Crippen molar-refractivity contribution in [2.45, 2.75) is 0 Å². The van der Waals surface area contributed by atoms with Crippen LogP contribution in [0.2, 0.25) is 10.0 Å². The second-order valence-electron chi connectivity index (χ2n) is 6.24. The Labute approximate surface area is 185 Å². The Morgan fingerprint density at radius 2 is 1.90 bits per heavy atom. The highest BCUT2D eigenvalue weighted by Gasteiger charge is 2.14. The van der Waals surface area contributed by atoms with Gasteiger partial charge < -0.3 is 9.73 Å². The highest BCUT2D eigenvalue weighted by atomic mass is 35.5. The monoisotopic (exact) mass is 459 g/mol. The number of fused-ring (bicyclic) bond motifs is 1. The predicted molar refractivity (Wildman–Crippen MR) is 120 cm³/mol. The van der Waals surface area contributed by atoms with Crippen molar-refractivity contribution in [2.75, 3.05) is 5.32 Å². The summed E-state index contributed by atoms with van der Waals surface area (Å²) in [6.45, 7) is 0. The van der Waals surface area contributed by atoms with Gasteiger partial charge in [0.2, 0.25) is 5.89 Å². The van der Waals surface area contributed by atoms with Crippen LogP contribution in [0, 0.1) is 5.82 Å². The third-order valence-electron chi connectivity index (χ3n) is 4.12. The zero-order chi connectivity index (χ0) is 21.3. The van der Waals surface area contributed by atoms with Crippen molar-refractivity contribution in [3.63, 3.8) is 0 Å². The number of amides is 1. The van der Waals surface area contributed by atoms with Gasteiger partial charge in [0.25, 0.3) is 5.91 Å². The summed E-state index contributed by atoms with van der Waals surface area (Å²) in [4.78, 5) is 16.6. The fraction of sp³-hybridized carbons (Fsp3) is 0. The van der Waals surface area contributed by atoms with Gasteiger partial charge >= 0.3 is 0 Å². The number of rotatable bonds is 3. The summed E-state index contributed by atoms with van der Waals surface area (Å²) in [7, 11) is 0. The van der Waals surface area contributed by atoms with Crippen molar-refractivity contribution >= 4 is 63.2 Å². The minimum absolute atomic E-state index is 0.0604. The molecule has 30 heavy (non-hydrogen) atoms. The first kappa shape index (κ1) is 20.3. The molecule has 0 spiro atoms. The molecule has 4 aromatic rings. The van der Waals surface area contributed by atoms with Crippen LogP contribution in [-0.4, -0.2) is 16.0 Å². The van der Waals surface area contributed by atoms with Crippen LogP contribution in [0.4, 0.5) is 10.1 Å². The molecule has 0 saturated carbocycles. The predicted octanol–water partition coefficient (Wildman–Crippen LogP) is 6.07. The van der Waals surface area contributed by atoms with Crippen molar-refractivity contribution in [2.24, 2.45) is 0 Å². The van der Waals surface area contributed by atoms with Crippen LogP contribution in [0.5, 0.6) is 0 Å². The Balaban J connectivity index is 1.51. The third-order valence-corrected chi connectivity index (χ3v) is 4.89. The lowest BCUT2D eigenvalue weighted by atomic mass is 10.2. The van der Waals surface area contributed by atoms with Crippen LogP contribution in [0.3, 0.4) is 0 Å². The number of nitrogens with one attached hydrogen (secondary N) is 2. The van der Waals surface area contributed by atoms with Crippen molar-refractivity contribution in [3.05, 3.63) is 82.1 Å². The number of oxazole rings is 1. The number of carbonyl (C=O) groups is 1. The third kappa shape index (κ3) is 4.43. The molecule has 1 aromatic heterocycles. The Kier molecular flexibility index (Phi) is 5.67. The van der Waals surface area contributed by atoms with Crippen LogP contribution in [0.25, 0.3) is 22.6 Å². The summed E-state index contributed by atoms with van der Waals surface area (Å²) in [5.74, 6) is -0.697. The SMILES string of the molecule is O=C(NC(=S)Nc1ccc2oc(-c3cc(Cl)ccc3Cl)nc2c1)c1cccc(F)c1. The fourth-order valence-electron chi connectivity index (χ4n) is 2.75. The van der Waals surface area contributed by atoms with E-state index in [9.17, 15) is 9.18 Å². The van der Waals surface area contributed by atoms with Crippen molar-refractivity contribution < 1.29 is 13.6 Å². The summed E-state index contributed by atoms with van der Waals surface area (Å²) < 4.78 is 19.0. The number of anilines is 1. The number of nitrogens with zero attached hydrogens (tertiary/aromatic N) is 1. The highest BCUT2D eigenvalue weighted by Crippen LogP contribution is 2.32. The lowest BCUT2D eigenvalue weighted by Crippen LogP contribution is -2.34. The highest BCUT2D eigenvalue weighted by molar-refractivity contribution is 7.80. The number of benzene rings is 3. The molecule has 1 amide bonds. The van der Waals surface area contributed by atoms with E-state index >= 15 is 0 Å². The van der Waals surface area contributed by atoms with Crippen molar-refractivity contribution in [1.82, 2.24) is 10.3 Å². The maximum atomic E-state index is 13.3. The summed E-state index contributed by atoms with van der Waals surface area (Å²) in [5.41, 5.74) is 2.43. The van der Waals surface area contributed by atoms with Crippen LogP contribution in [-0.2, 0) is 0 Å². The van der Waals surface area contributed by atoms with E-state index in [4.69, 9.17) is 39.8 Å². The molecule has 150 valence electrons. The number of thiocarbonyl (C=S) groups is 1. The second-order valence-corrected chi connectivity index (χ2v) is 7.50. The minimum Gasteiger partial charge on any atom is -0.436 e. The molecule has 0 aliphatic rings. The van der Waals surface area contributed by atoms with Crippen LogP contribution in [0.1, 0.15) is 10.4 Å². The van der Waals surface area contributed by atoms with E-state index in [1.54, 1.807) is 36.4 Å². The minimum atomic E-state index is -0.521. The molecular weight excluding hydrogens is 448 g/mol. The quantitative estimate of drug-likeness (QED) is 0.364. The topological polar surface area (TPSA) is 67.2 Å². The molecule has 0 bridgehead atoms. The van der Waals surface area contributed by atoms with Crippen LogP contribution >= 0.6 is 35.4 Å². The molecule has 0 aliphatic heterocycles. The molecular formula is C21H12Cl2FN3O2S. The van der Waals surface area contributed by atoms with Gasteiger partial charge in [-0.3, -0.25) is 10.1 Å². The maximum absolute atomic E-state index is 13.3. The molecule has 0 atom stereocenters. The fourth-order valence-corrected chi connectivity index (χ4v) is 3.33. The Morgan fingerprint density at radius 3 is 2.70 bits per heavy atom. The zero-order valence-corrected chi connectivity index (χ0v) is 17.4. The number of hydrogen-bond acceptors (Lipinski definition) is 4. The average Bonchev–Trinajstić information content (AvgIpc) is 3.12. The molecule has 4 rings (SSSR count). The number of carbonyl (C=O) groups excluding carboxylic acids is 1. The van der Waals surface area contributed by atoms with E-state index in [0.29, 0.717) is 38.3 Å². The van der Waals surface area contributed by atoms with Gasteiger partial charge in [0.15, 0.2) is 10.7 Å². The number of aromatic nitrogens is 1. The normalized spacial score (nSPS) is 10.8. The van der Waals surface area contributed by atoms with E-state index in [1.165, 1.54) is 18.2 Å². The standard InChI is InChI=1S/C21H12Cl2FN3O2S/c22-12-4-6-16(23)15(9-12)20-26-17-10-14(5-7-18(17)29-20)25-21(30)27-19(28)11-2-1-3-13(24)8-11/h1-10H,(H2,25,27,28,30). The largest absolute Gasteiger partial charge is 0.436 e. The smallest absolute Gasteiger partial charge is 0.257 e. The van der Waals surface area contributed by atoms with Crippen LogP contribution in [0.15, 0.2) is 65.1 Å². The summed E-state index contributed by atoms with van der Waals surface area (Å²) in [6.07, 6.45) is 0. The Morgan fingerprint density at radius 1 is 1.07 bits per heavy atom. The van der Waals surface area contributed by atoms with Gasteiger partial charge in [-0.05, 0) is 66.8 Å². The van der Waals surface area contributed by atoms with Crippen LogP contribution < -0.4 is 10.6 Å². The molecule has 5 nitrogen and oxygen atoms in total. The van der Waals surface area contributed by atoms with Gasteiger partial charge in [-0.1, -0.05) is 29.3 Å². The van der Waals surface area contributed by atoms with E-state index in [0.717, 1.165) is 6.07 Å². The average molecular weight is 460 g/mol. The van der Waals surface area contributed by atoms with Gasteiger partial charge in [-0.2, -0.15) is 0 Å². The first-order valence-electron chi connectivity index (χ1n) is 8.63. The van der Waals surface area contributed by atoms with Gasteiger partial charge in [0.05, 0.1) is 10.6 Å². The molecule has 9 heteroatoms. The molecule has 0 fully saturated rings. The molecule has 3 aromatic carbocycles. The van der Waals surface area contributed by atoms with Gasteiger partial charge in [-0.15, -0.1) is 0 Å². The first-order valence-corrected chi connectivity index (χ1v) is 9.79. The Hall–Kier alpha value is -3.00. The molecule has 0 aliphatic carbocycles. The van der Waals surface area contributed by atoms with E-state index in [1.807, 2.05) is 0 Å². The van der Waals surface area contributed by atoms with E-state index < -0.39 is 11.7 Å². The number of hydrogen-bond donors (Lipinski definition) is 2. The summed E-state index contributed by atoms with van der Waals surface area (Å²) in [5, 5.41) is 6.44. The van der Waals surface area contributed by atoms with Gasteiger partial charge in [0, 0.05) is 16.3 Å². The van der Waals surface area contributed by atoms with Gasteiger partial charge in [-0.25, -0.2) is 9.37 Å². The molecule has 1 heterocycles. The molecule has 0 radical (unpaired) electrons. The molecule has 0 unspecified atom stereocenters. The van der Waals surface area contributed by atoms with Crippen molar-refractivity contribution in [3.8, 4) is 11.5 Å². The van der Waals surface area contributed by atoms with E-state index in [-0.39, 0.29) is 10.7 Å². The first-order chi connectivity index (χ1) is 14.4. The lowest BCUT2D eigenvalue weighted by molar-refractivity contribution is 0.0977. The molecule has 2 N–H and O–H groups in total. The summed E-state index contributed by atoms with van der Waals surface area (Å²) >= 11 is 17.4. The maximum Gasteiger partial charge on any atom is 0.257 e. The lowest BCUT2D eigenvalue weighted by Gasteiger charge is -2.09.